The van der Waals surface area contributed by atoms with E-state index in [1.807, 2.05) is 0 Å². The number of nitrogens with zero attached hydrogens (tertiary/aromatic N) is 5. The zero-order valence-electron chi connectivity index (χ0n) is 15.7. The van der Waals surface area contributed by atoms with Crippen LogP contribution in [-0.4, -0.2) is 57.2 Å². The summed E-state index contributed by atoms with van der Waals surface area (Å²) >= 11 is 0. The highest BCUT2D eigenvalue weighted by Gasteiger charge is 2.28. The van der Waals surface area contributed by atoms with E-state index in [0.717, 1.165) is 12.8 Å². The highest BCUT2D eigenvalue weighted by atomic mass is 16.2. The van der Waals surface area contributed by atoms with E-state index < -0.39 is 17.7 Å². The van der Waals surface area contributed by atoms with Gasteiger partial charge in [-0.1, -0.05) is 13.5 Å². The van der Waals surface area contributed by atoms with Crippen LogP contribution in [0.5, 0.6) is 0 Å². The summed E-state index contributed by atoms with van der Waals surface area (Å²) in [5.41, 5.74) is 1.22. The quantitative estimate of drug-likeness (QED) is 0.591. The van der Waals surface area contributed by atoms with Crippen LogP contribution in [0.1, 0.15) is 32.4 Å². The number of hydrogen-bond acceptors (Lipinski definition) is 5. The maximum Gasteiger partial charge on any atom is 0.315 e. The van der Waals surface area contributed by atoms with Crippen LogP contribution in [0, 0.1) is 12.8 Å². The molecule has 9 nitrogen and oxygen atoms in total. The largest absolute Gasteiger partial charge is 0.334 e. The van der Waals surface area contributed by atoms with Gasteiger partial charge in [-0.15, -0.1) is 0 Å². The number of piperidine rings is 1. The van der Waals surface area contributed by atoms with Crippen LogP contribution < -0.4 is 5.32 Å². The second-order valence-electron chi connectivity index (χ2n) is 6.93. The number of likely N-dealkylation sites (tertiary alicyclic amines) is 1. The van der Waals surface area contributed by atoms with Crippen LogP contribution in [0.2, 0.25) is 0 Å². The fourth-order valence-electron chi connectivity index (χ4n) is 3.08. The molecule has 2 aliphatic heterocycles. The fourth-order valence-corrected chi connectivity index (χ4v) is 3.08. The molecule has 0 radical (unpaired) electrons. The first kappa shape index (κ1) is 18.7. The number of hydrogen-bond donors (Lipinski definition) is 1. The number of anilines is 1. The second kappa shape index (κ2) is 7.26. The average molecular weight is 370 g/mol. The van der Waals surface area contributed by atoms with Gasteiger partial charge in [-0.25, -0.2) is 4.99 Å². The van der Waals surface area contributed by atoms with E-state index in [1.54, 1.807) is 24.8 Å². The normalized spacial score (nSPS) is 20.3. The van der Waals surface area contributed by atoms with Crippen LogP contribution >= 0.6 is 0 Å². The first-order valence-corrected chi connectivity index (χ1v) is 8.81. The molecule has 1 saturated heterocycles. The molecule has 1 aromatic rings. The maximum absolute atomic E-state index is 12.5. The van der Waals surface area contributed by atoms with Crippen LogP contribution in [0.15, 0.2) is 28.2 Å². The summed E-state index contributed by atoms with van der Waals surface area (Å²) in [6.07, 6.45) is 1.93. The highest BCUT2D eigenvalue weighted by molar-refractivity contribution is 6.39. The minimum absolute atomic E-state index is 0.0207. The van der Waals surface area contributed by atoms with Gasteiger partial charge in [0.25, 0.3) is 11.9 Å². The van der Waals surface area contributed by atoms with Gasteiger partial charge >= 0.3 is 11.8 Å². The van der Waals surface area contributed by atoms with Crippen molar-refractivity contribution < 1.29 is 14.4 Å². The Labute approximate surface area is 156 Å². The van der Waals surface area contributed by atoms with E-state index in [0.29, 0.717) is 30.4 Å². The Morgan fingerprint density at radius 3 is 2.70 bits per heavy atom. The molecular formula is C18H22N6O3. The molecule has 0 aliphatic carbocycles. The molecule has 3 amide bonds. The van der Waals surface area contributed by atoms with Gasteiger partial charge in [-0.3, -0.25) is 14.4 Å². The third-order valence-electron chi connectivity index (χ3n) is 4.57. The molecule has 0 bridgehead atoms. The van der Waals surface area contributed by atoms with Crippen molar-refractivity contribution in [2.75, 3.05) is 18.4 Å². The monoisotopic (exact) mass is 370 g/mol. The van der Waals surface area contributed by atoms with E-state index in [-0.39, 0.29) is 17.4 Å². The number of rotatable bonds is 1. The van der Waals surface area contributed by atoms with Crippen molar-refractivity contribution in [2.45, 2.75) is 33.6 Å². The van der Waals surface area contributed by atoms with Gasteiger partial charge in [-0.2, -0.15) is 14.8 Å². The summed E-state index contributed by atoms with van der Waals surface area (Å²) in [6.45, 7) is 10.2. The zero-order chi connectivity index (χ0) is 19.7. The number of aryl methyl sites for hydroxylation is 1. The van der Waals surface area contributed by atoms with Crippen LogP contribution in [0.25, 0.3) is 0 Å². The third-order valence-corrected chi connectivity index (χ3v) is 4.57. The van der Waals surface area contributed by atoms with Gasteiger partial charge in [0.15, 0.2) is 0 Å². The van der Waals surface area contributed by atoms with Crippen LogP contribution in [-0.2, 0) is 14.4 Å². The second-order valence-corrected chi connectivity index (χ2v) is 6.93. The Morgan fingerprint density at radius 1 is 1.30 bits per heavy atom. The van der Waals surface area contributed by atoms with Crippen molar-refractivity contribution >= 4 is 35.2 Å². The number of amides is 3. The molecule has 27 heavy (non-hydrogen) atoms. The Hall–Kier alpha value is -3.10. The summed E-state index contributed by atoms with van der Waals surface area (Å²) < 4.78 is 1.24. The maximum atomic E-state index is 12.5. The minimum atomic E-state index is -0.752. The van der Waals surface area contributed by atoms with E-state index in [9.17, 15) is 14.4 Å². The topological polar surface area (TPSA) is 109 Å². The van der Waals surface area contributed by atoms with E-state index in [2.05, 4.69) is 33.9 Å². The lowest BCUT2D eigenvalue weighted by molar-refractivity contribution is -0.144. The Balaban J connectivity index is 1.81. The molecule has 0 aromatic carbocycles. The summed E-state index contributed by atoms with van der Waals surface area (Å²) in [7, 11) is 0. The van der Waals surface area contributed by atoms with Crippen LogP contribution in [0.3, 0.4) is 0 Å². The summed E-state index contributed by atoms with van der Waals surface area (Å²) in [6, 6.07) is 1.59. The molecule has 1 unspecified atom stereocenters. The number of aliphatic imine (C=N–C) groups is 2. The number of carbonyl (C=O) groups excluding carboxylic acids is 3. The van der Waals surface area contributed by atoms with Crippen molar-refractivity contribution in [1.82, 2.24) is 14.7 Å². The van der Waals surface area contributed by atoms with Gasteiger partial charge in [0, 0.05) is 19.2 Å². The third kappa shape index (κ3) is 3.86. The van der Waals surface area contributed by atoms with Crippen LogP contribution in [0.4, 0.5) is 5.82 Å². The van der Waals surface area contributed by atoms with Crippen molar-refractivity contribution in [1.29, 1.82) is 0 Å². The molecule has 9 heteroatoms. The molecule has 1 aromatic heterocycles. The van der Waals surface area contributed by atoms with Crippen molar-refractivity contribution in [3.05, 3.63) is 23.9 Å². The van der Waals surface area contributed by atoms with Gasteiger partial charge < -0.3 is 10.2 Å². The van der Waals surface area contributed by atoms with Crippen molar-refractivity contribution in [3.63, 3.8) is 0 Å². The lowest BCUT2D eigenvalue weighted by Gasteiger charge is -2.30. The summed E-state index contributed by atoms with van der Waals surface area (Å²) in [4.78, 5) is 46.4. The highest BCUT2D eigenvalue weighted by Crippen LogP contribution is 2.17. The first-order chi connectivity index (χ1) is 12.8. The van der Waals surface area contributed by atoms with Gasteiger partial charge in [0.1, 0.15) is 5.82 Å². The van der Waals surface area contributed by atoms with Gasteiger partial charge in [0.2, 0.25) is 0 Å². The molecule has 142 valence electrons. The van der Waals surface area contributed by atoms with E-state index in [4.69, 9.17) is 0 Å². The molecule has 1 atom stereocenters. The SMILES string of the molecule is C=C1C(=O)N=C(n2nc(C)cc2NC(=O)C(=O)N2CCCC(C)C2)N=C1C. The lowest BCUT2D eigenvalue weighted by atomic mass is 10.0. The Morgan fingerprint density at radius 2 is 2.04 bits per heavy atom. The molecular weight excluding hydrogens is 348 g/mol. The van der Waals surface area contributed by atoms with Gasteiger partial charge in [-0.05, 0) is 32.6 Å². The molecule has 1 fully saturated rings. The fraction of sp³-hybridized carbons (Fsp3) is 0.444. The number of carbonyl (C=O) groups is 3. The van der Waals surface area contributed by atoms with Crippen molar-refractivity contribution in [2.24, 2.45) is 15.9 Å². The average Bonchev–Trinajstić information content (AvgIpc) is 2.98. The Bertz CT molecular complexity index is 895. The number of aromatic nitrogens is 2. The number of nitrogens with one attached hydrogen (secondary N) is 1. The minimum Gasteiger partial charge on any atom is -0.334 e. The Kier molecular flexibility index (Phi) is 5.02. The van der Waals surface area contributed by atoms with E-state index in [1.165, 1.54) is 4.68 Å². The predicted octanol–water partition coefficient (Wildman–Crippen LogP) is 1.15. The predicted molar refractivity (Wildman–Crippen MR) is 101 cm³/mol. The molecule has 1 N–H and O–H groups in total. The standard InChI is InChI=1S/C18H22N6O3/c1-10-6-5-7-23(9-10)17(27)16(26)20-14-8-11(2)22-24(14)18-19-13(4)12(3)15(25)21-18/h8,10H,3,5-7,9H2,1-2,4H3,(H,20,26). The first-order valence-electron chi connectivity index (χ1n) is 8.81. The van der Waals surface area contributed by atoms with Gasteiger partial charge in [0.05, 0.1) is 17.0 Å². The summed E-state index contributed by atoms with van der Waals surface area (Å²) in [5, 5.41) is 6.79. The molecule has 3 heterocycles. The van der Waals surface area contributed by atoms with E-state index >= 15 is 0 Å². The molecule has 3 rings (SSSR count). The summed E-state index contributed by atoms with van der Waals surface area (Å²) in [5.74, 6) is -1.23. The smallest absolute Gasteiger partial charge is 0.315 e. The lowest BCUT2D eigenvalue weighted by Crippen LogP contribution is -2.45. The zero-order valence-corrected chi connectivity index (χ0v) is 15.7. The molecule has 0 spiro atoms. The molecule has 2 aliphatic rings. The molecule has 0 saturated carbocycles. The van der Waals surface area contributed by atoms with Crippen molar-refractivity contribution in [3.8, 4) is 0 Å².